The Bertz CT molecular complexity index is 319. The van der Waals surface area contributed by atoms with Gasteiger partial charge in [0.2, 0.25) is 0 Å². The molecule has 3 heteroatoms. The number of hydrogen-bond acceptors (Lipinski definition) is 2. The van der Waals surface area contributed by atoms with Crippen LogP contribution in [-0.2, 0) is 0 Å². The third-order valence-corrected chi connectivity index (χ3v) is 6.04. The van der Waals surface area contributed by atoms with Crippen molar-refractivity contribution in [1.29, 1.82) is 0 Å². The van der Waals surface area contributed by atoms with E-state index in [4.69, 9.17) is 4.99 Å². The monoisotopic (exact) mass is 282 g/mol. The second-order valence-corrected chi connectivity index (χ2v) is 7.87. The van der Waals surface area contributed by atoms with Crippen LogP contribution in [0.5, 0.6) is 0 Å². The van der Waals surface area contributed by atoms with Crippen molar-refractivity contribution in [3.63, 3.8) is 0 Å². The van der Waals surface area contributed by atoms with Gasteiger partial charge in [0.1, 0.15) is 0 Å². The molecule has 1 saturated heterocycles. The third kappa shape index (κ3) is 4.14. The summed E-state index contributed by atoms with van der Waals surface area (Å²) in [6.07, 6.45) is 7.90. The number of rotatable bonds is 4. The molecule has 0 bridgehead atoms. The van der Waals surface area contributed by atoms with E-state index in [0.29, 0.717) is 11.6 Å². The first-order chi connectivity index (χ1) is 9.03. The Balaban J connectivity index is 1.87. The van der Waals surface area contributed by atoms with E-state index in [9.17, 15) is 0 Å². The quantitative estimate of drug-likeness (QED) is 0.823. The molecule has 2 aliphatic rings. The van der Waals surface area contributed by atoms with Crippen LogP contribution in [0.25, 0.3) is 0 Å². The number of thioether (sulfide) groups is 1. The van der Waals surface area contributed by atoms with E-state index in [-0.39, 0.29) is 0 Å². The Morgan fingerprint density at radius 2 is 2.05 bits per heavy atom. The summed E-state index contributed by atoms with van der Waals surface area (Å²) in [6, 6.07) is 0.461. The second kappa shape index (κ2) is 6.51. The van der Waals surface area contributed by atoms with Gasteiger partial charge in [-0.15, -0.1) is 0 Å². The number of amidine groups is 1. The summed E-state index contributed by atoms with van der Waals surface area (Å²) >= 11 is 1.95. The molecule has 0 amide bonds. The first kappa shape index (κ1) is 15.2. The zero-order valence-corrected chi connectivity index (χ0v) is 13.9. The maximum atomic E-state index is 4.90. The van der Waals surface area contributed by atoms with Crippen LogP contribution in [0.4, 0.5) is 0 Å². The maximum Gasteiger partial charge on any atom is 0.157 e. The van der Waals surface area contributed by atoms with Crippen LogP contribution < -0.4 is 5.32 Å². The summed E-state index contributed by atoms with van der Waals surface area (Å²) in [5, 5.41) is 4.98. The summed E-state index contributed by atoms with van der Waals surface area (Å²) in [4.78, 5) is 4.90. The maximum absolute atomic E-state index is 4.90. The Morgan fingerprint density at radius 3 is 2.68 bits per heavy atom. The van der Waals surface area contributed by atoms with Crippen LogP contribution in [-0.4, -0.2) is 22.5 Å². The fraction of sp³-hybridized carbons (Fsp3) is 0.938. The minimum atomic E-state index is 0.381. The van der Waals surface area contributed by atoms with Crippen LogP contribution in [0, 0.1) is 11.8 Å². The fourth-order valence-corrected chi connectivity index (χ4v) is 4.48. The largest absolute Gasteiger partial charge is 0.359 e. The van der Waals surface area contributed by atoms with Crippen molar-refractivity contribution >= 4 is 16.9 Å². The van der Waals surface area contributed by atoms with E-state index >= 15 is 0 Å². The molecule has 19 heavy (non-hydrogen) atoms. The molecule has 2 nitrogen and oxygen atoms in total. The summed E-state index contributed by atoms with van der Waals surface area (Å²) in [7, 11) is 0. The lowest BCUT2D eigenvalue weighted by Crippen LogP contribution is -2.46. The van der Waals surface area contributed by atoms with Crippen molar-refractivity contribution in [3.05, 3.63) is 0 Å². The molecule has 1 saturated carbocycles. The van der Waals surface area contributed by atoms with Gasteiger partial charge in [0, 0.05) is 11.3 Å². The van der Waals surface area contributed by atoms with Gasteiger partial charge in [-0.2, -0.15) is 0 Å². The number of hydrogen-bond donors (Lipinski definition) is 1. The molecule has 0 aromatic carbocycles. The van der Waals surface area contributed by atoms with Gasteiger partial charge >= 0.3 is 0 Å². The minimum absolute atomic E-state index is 0.381. The van der Waals surface area contributed by atoms with Crippen molar-refractivity contribution in [2.24, 2.45) is 16.8 Å². The van der Waals surface area contributed by atoms with Crippen LogP contribution in [0.3, 0.4) is 0 Å². The van der Waals surface area contributed by atoms with Gasteiger partial charge in [-0.3, -0.25) is 4.99 Å². The predicted octanol–water partition coefficient (Wildman–Crippen LogP) is 4.45. The normalized spacial score (nSPS) is 36.4. The summed E-state index contributed by atoms with van der Waals surface area (Å²) in [6.45, 7) is 9.24. The molecule has 110 valence electrons. The molecule has 0 radical (unpaired) electrons. The summed E-state index contributed by atoms with van der Waals surface area (Å²) in [5.74, 6) is 2.94. The topological polar surface area (TPSA) is 24.4 Å². The van der Waals surface area contributed by atoms with Gasteiger partial charge in [-0.05, 0) is 50.9 Å². The Morgan fingerprint density at radius 1 is 1.37 bits per heavy atom. The highest BCUT2D eigenvalue weighted by molar-refractivity contribution is 8.14. The molecule has 2 atom stereocenters. The van der Waals surface area contributed by atoms with Crippen molar-refractivity contribution in [2.45, 2.75) is 77.8 Å². The Hall–Kier alpha value is -0.180. The summed E-state index contributed by atoms with van der Waals surface area (Å²) < 4.78 is 0. The lowest BCUT2D eigenvalue weighted by atomic mass is 9.78. The van der Waals surface area contributed by atoms with Crippen LogP contribution >= 0.6 is 11.8 Å². The molecule has 1 heterocycles. The van der Waals surface area contributed by atoms with Gasteiger partial charge in [0.25, 0.3) is 0 Å². The van der Waals surface area contributed by atoms with E-state index in [1.54, 1.807) is 0 Å². The van der Waals surface area contributed by atoms with E-state index < -0.39 is 0 Å². The molecule has 1 spiro atoms. The average molecular weight is 282 g/mol. The fourth-order valence-electron chi connectivity index (χ4n) is 3.16. The lowest BCUT2D eigenvalue weighted by molar-refractivity contribution is 0.250. The van der Waals surface area contributed by atoms with Gasteiger partial charge in [0.15, 0.2) is 5.17 Å². The van der Waals surface area contributed by atoms with Crippen LogP contribution in [0.15, 0.2) is 4.99 Å². The molecule has 0 aromatic rings. The van der Waals surface area contributed by atoms with Crippen molar-refractivity contribution in [2.75, 3.05) is 5.75 Å². The average Bonchev–Trinajstić information content (AvgIpc) is 2.76. The molecular weight excluding hydrogens is 252 g/mol. The van der Waals surface area contributed by atoms with E-state index in [1.165, 1.54) is 49.4 Å². The Kier molecular flexibility index (Phi) is 5.22. The standard InChI is InChI=1S/C16H30N2S/c1-5-12(2)10-14(4)17-15-18-16(11-19-15)8-6-13(3)7-9-16/h12-14H,5-11H2,1-4H3,(H,17,18). The molecule has 2 unspecified atom stereocenters. The van der Waals surface area contributed by atoms with Gasteiger partial charge in [-0.1, -0.05) is 39.0 Å². The molecule has 1 N–H and O–H groups in total. The van der Waals surface area contributed by atoms with Crippen molar-refractivity contribution in [1.82, 2.24) is 5.32 Å². The van der Waals surface area contributed by atoms with E-state index in [0.717, 1.165) is 11.8 Å². The molecule has 1 aliphatic carbocycles. The number of nitrogens with zero attached hydrogens (tertiary/aromatic N) is 1. The van der Waals surface area contributed by atoms with E-state index in [1.807, 2.05) is 11.8 Å². The first-order valence-corrected chi connectivity index (χ1v) is 9.00. The minimum Gasteiger partial charge on any atom is -0.359 e. The van der Waals surface area contributed by atoms with Crippen molar-refractivity contribution in [3.8, 4) is 0 Å². The van der Waals surface area contributed by atoms with Gasteiger partial charge in [0.05, 0.1) is 6.04 Å². The number of nitrogens with one attached hydrogen (secondary N) is 1. The third-order valence-electron chi connectivity index (χ3n) is 4.87. The molecular formula is C16H30N2S. The molecule has 2 fully saturated rings. The zero-order valence-electron chi connectivity index (χ0n) is 13.0. The Labute approximate surface area is 123 Å². The van der Waals surface area contributed by atoms with Gasteiger partial charge < -0.3 is 5.32 Å². The van der Waals surface area contributed by atoms with Crippen LogP contribution in [0.2, 0.25) is 0 Å². The highest BCUT2D eigenvalue weighted by Crippen LogP contribution is 2.38. The lowest BCUT2D eigenvalue weighted by Gasteiger charge is -2.35. The molecule has 0 aromatic heterocycles. The van der Waals surface area contributed by atoms with Crippen LogP contribution in [0.1, 0.15) is 66.2 Å². The zero-order chi connectivity index (χ0) is 13.9. The van der Waals surface area contributed by atoms with Gasteiger partial charge in [-0.25, -0.2) is 0 Å². The summed E-state index contributed by atoms with van der Waals surface area (Å²) in [5.41, 5.74) is 0.381. The molecule has 1 aliphatic heterocycles. The molecule has 2 rings (SSSR count). The SMILES string of the molecule is CCC(C)CC(C)N=C1NC2(CCC(C)CC2)CS1. The van der Waals surface area contributed by atoms with Crippen molar-refractivity contribution < 1.29 is 0 Å². The highest BCUT2D eigenvalue weighted by Gasteiger charge is 2.39. The predicted molar refractivity (Wildman–Crippen MR) is 86.9 cm³/mol. The first-order valence-electron chi connectivity index (χ1n) is 8.02. The number of aliphatic imine (C=N–C) groups is 1. The smallest absolute Gasteiger partial charge is 0.157 e. The van der Waals surface area contributed by atoms with E-state index in [2.05, 4.69) is 33.0 Å². The highest BCUT2D eigenvalue weighted by atomic mass is 32.2. The second-order valence-electron chi connectivity index (χ2n) is 6.91.